The van der Waals surface area contributed by atoms with Crippen molar-refractivity contribution in [1.29, 1.82) is 5.26 Å². The number of hydrogen-bond acceptors (Lipinski definition) is 4. The molecule has 3 rings (SSSR count). The highest BCUT2D eigenvalue weighted by atomic mass is 16.3. The van der Waals surface area contributed by atoms with Gasteiger partial charge in [0.1, 0.15) is 11.6 Å². The third-order valence-corrected chi connectivity index (χ3v) is 5.15. The number of nitrogens with zero attached hydrogens (tertiary/aromatic N) is 3. The number of aliphatic imine (C=N–C) groups is 1. The zero-order valence-electron chi connectivity index (χ0n) is 16.8. The van der Waals surface area contributed by atoms with E-state index < -0.39 is 5.56 Å². The predicted molar refractivity (Wildman–Crippen MR) is 115 cm³/mol. The summed E-state index contributed by atoms with van der Waals surface area (Å²) >= 11 is 0. The fraction of sp³-hybridized carbons (Fsp3) is 0.208. The fourth-order valence-electron chi connectivity index (χ4n) is 3.16. The van der Waals surface area contributed by atoms with Crippen LogP contribution in [0.5, 0.6) is 5.88 Å². The van der Waals surface area contributed by atoms with E-state index in [2.05, 4.69) is 4.99 Å². The van der Waals surface area contributed by atoms with Crippen LogP contribution in [0.4, 0.5) is 5.69 Å². The Bertz CT molecular complexity index is 1170. The van der Waals surface area contributed by atoms with E-state index in [4.69, 9.17) is 0 Å². The molecule has 0 spiro atoms. The van der Waals surface area contributed by atoms with Gasteiger partial charge in [0.15, 0.2) is 0 Å². The van der Waals surface area contributed by atoms with E-state index in [1.54, 1.807) is 6.92 Å². The highest BCUT2D eigenvalue weighted by molar-refractivity contribution is 5.87. The van der Waals surface area contributed by atoms with Crippen LogP contribution in [-0.2, 0) is 13.0 Å². The van der Waals surface area contributed by atoms with E-state index in [1.165, 1.54) is 16.3 Å². The fourth-order valence-corrected chi connectivity index (χ4v) is 3.16. The van der Waals surface area contributed by atoms with Gasteiger partial charge in [-0.05, 0) is 61.6 Å². The molecule has 5 heteroatoms. The van der Waals surface area contributed by atoms with Crippen molar-refractivity contribution in [2.24, 2.45) is 4.99 Å². The van der Waals surface area contributed by atoms with Crippen LogP contribution in [0.3, 0.4) is 0 Å². The number of benzene rings is 2. The summed E-state index contributed by atoms with van der Waals surface area (Å²) in [5, 5.41) is 20.3. The Morgan fingerprint density at radius 2 is 1.83 bits per heavy atom. The summed E-state index contributed by atoms with van der Waals surface area (Å²) in [6.45, 7) is 5.96. The molecule has 0 atom stereocenters. The second-order valence-electron chi connectivity index (χ2n) is 7.07. The smallest absolute Gasteiger partial charge is 0.271 e. The maximum absolute atomic E-state index is 12.7. The van der Waals surface area contributed by atoms with Crippen molar-refractivity contribution in [2.45, 2.75) is 33.7 Å². The maximum Gasteiger partial charge on any atom is 0.271 e. The van der Waals surface area contributed by atoms with Crippen LogP contribution in [0.15, 0.2) is 58.3 Å². The molecule has 0 saturated carbocycles. The first-order chi connectivity index (χ1) is 13.9. The third kappa shape index (κ3) is 4.27. The highest BCUT2D eigenvalue weighted by Crippen LogP contribution is 2.22. The molecule has 1 N–H and O–H groups in total. The molecular formula is C24H23N3O2. The lowest BCUT2D eigenvalue weighted by molar-refractivity contribution is 0.404. The summed E-state index contributed by atoms with van der Waals surface area (Å²) in [5.74, 6) is -0.171. The summed E-state index contributed by atoms with van der Waals surface area (Å²) in [6, 6.07) is 17.5. The number of aryl methyl sites for hydroxylation is 3. The standard InChI is InChI=1S/C24H23N3O2/c1-16-9-10-20(13-17(16)2)26-15-22-18(3)21(14-25)23(28)27(24(22)29)12-11-19-7-5-4-6-8-19/h4-10,13,15,29H,11-12H2,1-3H3. The molecule has 2 aromatic carbocycles. The van der Waals surface area contributed by atoms with Crippen LogP contribution in [0.2, 0.25) is 0 Å². The van der Waals surface area contributed by atoms with Crippen LogP contribution in [-0.4, -0.2) is 15.9 Å². The normalized spacial score (nSPS) is 11.0. The van der Waals surface area contributed by atoms with Gasteiger partial charge in [0.25, 0.3) is 5.56 Å². The van der Waals surface area contributed by atoms with Gasteiger partial charge in [-0.25, -0.2) is 0 Å². The van der Waals surface area contributed by atoms with Crippen molar-refractivity contribution >= 4 is 11.9 Å². The molecule has 3 aromatic rings. The Hall–Kier alpha value is -3.65. The van der Waals surface area contributed by atoms with Gasteiger partial charge in [-0.3, -0.25) is 14.4 Å². The lowest BCUT2D eigenvalue weighted by atomic mass is 10.1. The molecule has 1 aromatic heterocycles. The van der Waals surface area contributed by atoms with Gasteiger partial charge in [0.2, 0.25) is 5.88 Å². The molecule has 0 radical (unpaired) electrons. The first kappa shape index (κ1) is 20.1. The van der Waals surface area contributed by atoms with Gasteiger partial charge in [-0.2, -0.15) is 5.26 Å². The Balaban J connectivity index is 2.02. The summed E-state index contributed by atoms with van der Waals surface area (Å²) in [7, 11) is 0. The number of nitriles is 1. The summed E-state index contributed by atoms with van der Waals surface area (Å²) < 4.78 is 1.25. The molecule has 5 nitrogen and oxygen atoms in total. The van der Waals surface area contributed by atoms with Crippen molar-refractivity contribution in [1.82, 2.24) is 4.57 Å². The van der Waals surface area contributed by atoms with E-state index in [9.17, 15) is 15.2 Å². The number of pyridine rings is 1. The molecule has 0 unspecified atom stereocenters. The summed E-state index contributed by atoms with van der Waals surface area (Å²) in [6.07, 6.45) is 2.09. The number of aromatic hydroxyl groups is 1. The van der Waals surface area contributed by atoms with Crippen molar-refractivity contribution in [2.75, 3.05) is 0 Å². The number of hydrogen-bond donors (Lipinski definition) is 1. The zero-order valence-corrected chi connectivity index (χ0v) is 16.8. The van der Waals surface area contributed by atoms with Crippen molar-refractivity contribution in [3.05, 3.63) is 92.3 Å². The van der Waals surface area contributed by atoms with Gasteiger partial charge in [0, 0.05) is 12.8 Å². The van der Waals surface area contributed by atoms with Gasteiger partial charge >= 0.3 is 0 Å². The molecule has 1 heterocycles. The largest absolute Gasteiger partial charge is 0.494 e. The third-order valence-electron chi connectivity index (χ3n) is 5.15. The van der Waals surface area contributed by atoms with Crippen LogP contribution >= 0.6 is 0 Å². The maximum atomic E-state index is 12.7. The molecule has 0 fully saturated rings. The molecule has 0 aliphatic heterocycles. The molecule has 0 amide bonds. The van der Waals surface area contributed by atoms with Crippen LogP contribution in [0.25, 0.3) is 0 Å². The molecule has 0 aliphatic carbocycles. The van der Waals surface area contributed by atoms with E-state index in [0.29, 0.717) is 17.5 Å². The number of rotatable bonds is 5. The lowest BCUT2D eigenvalue weighted by Crippen LogP contribution is -2.26. The Morgan fingerprint density at radius 3 is 2.48 bits per heavy atom. The average Bonchev–Trinajstić information content (AvgIpc) is 2.71. The van der Waals surface area contributed by atoms with Gasteiger partial charge in [-0.1, -0.05) is 36.4 Å². The monoisotopic (exact) mass is 385 g/mol. The van der Waals surface area contributed by atoms with Gasteiger partial charge in [-0.15, -0.1) is 0 Å². The number of aromatic nitrogens is 1. The second-order valence-corrected chi connectivity index (χ2v) is 7.07. The summed E-state index contributed by atoms with van der Waals surface area (Å²) in [4.78, 5) is 17.2. The lowest BCUT2D eigenvalue weighted by Gasteiger charge is -2.14. The molecule has 29 heavy (non-hydrogen) atoms. The van der Waals surface area contributed by atoms with E-state index in [1.807, 2.05) is 68.4 Å². The van der Waals surface area contributed by atoms with E-state index in [-0.39, 0.29) is 18.0 Å². The summed E-state index contributed by atoms with van der Waals surface area (Å²) in [5.41, 5.74) is 4.43. The first-order valence-corrected chi connectivity index (χ1v) is 9.44. The van der Waals surface area contributed by atoms with E-state index >= 15 is 0 Å². The second kappa shape index (κ2) is 8.57. The molecular weight excluding hydrogens is 362 g/mol. The van der Waals surface area contributed by atoms with Crippen molar-refractivity contribution in [3.63, 3.8) is 0 Å². The molecule has 146 valence electrons. The molecule has 0 bridgehead atoms. The minimum Gasteiger partial charge on any atom is -0.494 e. The molecule has 0 aliphatic rings. The quantitative estimate of drug-likeness (QED) is 0.664. The van der Waals surface area contributed by atoms with Crippen molar-refractivity contribution < 1.29 is 5.11 Å². The van der Waals surface area contributed by atoms with Crippen LogP contribution in [0.1, 0.15) is 33.4 Å². The van der Waals surface area contributed by atoms with Gasteiger partial charge in [0.05, 0.1) is 11.3 Å². The first-order valence-electron chi connectivity index (χ1n) is 9.44. The highest BCUT2D eigenvalue weighted by Gasteiger charge is 2.18. The Morgan fingerprint density at radius 1 is 1.10 bits per heavy atom. The predicted octanol–water partition coefficient (Wildman–Crippen LogP) is 4.34. The zero-order chi connectivity index (χ0) is 21.0. The average molecular weight is 385 g/mol. The minimum atomic E-state index is -0.484. The van der Waals surface area contributed by atoms with E-state index in [0.717, 1.165) is 16.8 Å². The SMILES string of the molecule is Cc1ccc(N=Cc2c(C)c(C#N)c(=O)n(CCc3ccccc3)c2O)cc1C. The topological polar surface area (TPSA) is 78.4 Å². The van der Waals surface area contributed by atoms with Crippen LogP contribution < -0.4 is 5.56 Å². The molecule has 0 saturated heterocycles. The van der Waals surface area contributed by atoms with Crippen LogP contribution in [0, 0.1) is 32.1 Å². The Labute approximate surface area is 170 Å². The minimum absolute atomic E-state index is 0.0254. The van der Waals surface area contributed by atoms with Gasteiger partial charge < -0.3 is 5.11 Å². The van der Waals surface area contributed by atoms with Crippen molar-refractivity contribution in [3.8, 4) is 11.9 Å². The Kier molecular flexibility index (Phi) is 5.94.